The Hall–Kier alpha value is -3.92. The molecule has 4 N–H and O–H groups in total. The predicted molar refractivity (Wildman–Crippen MR) is 138 cm³/mol. The third kappa shape index (κ3) is 6.82. The summed E-state index contributed by atoms with van der Waals surface area (Å²) in [6.45, 7) is 6.36. The van der Waals surface area contributed by atoms with Gasteiger partial charge in [-0.15, -0.1) is 0 Å². The lowest BCUT2D eigenvalue weighted by atomic mass is 10.2. The summed E-state index contributed by atoms with van der Waals surface area (Å²) >= 11 is 0. The second kappa shape index (κ2) is 10.8. The molecule has 3 aromatic rings. The first kappa shape index (κ1) is 25.2. The topological polar surface area (TPSA) is 147 Å². The van der Waals surface area contributed by atoms with Crippen LogP contribution in [0.2, 0.25) is 0 Å². The van der Waals surface area contributed by atoms with Crippen LogP contribution in [-0.4, -0.2) is 42.5 Å². The SMILES string of the molecule is CC(C)(C)OC(=O)NCc1ccc(N2PNc3cnc(Nc4cnn(CCCC(=O)O)c4)nc32)cc1. The second-order valence-electron chi connectivity index (χ2n) is 9.14. The van der Waals surface area contributed by atoms with Crippen LogP contribution in [-0.2, 0) is 22.6 Å². The van der Waals surface area contributed by atoms with Gasteiger partial charge in [0.25, 0.3) is 0 Å². The average Bonchev–Trinajstić information content (AvgIpc) is 3.43. The van der Waals surface area contributed by atoms with Gasteiger partial charge in [-0.2, -0.15) is 10.1 Å². The van der Waals surface area contributed by atoms with E-state index in [0.29, 0.717) is 31.1 Å². The molecule has 190 valence electrons. The van der Waals surface area contributed by atoms with Gasteiger partial charge in [0.1, 0.15) is 11.3 Å². The van der Waals surface area contributed by atoms with Crippen LogP contribution in [0.5, 0.6) is 0 Å². The van der Waals surface area contributed by atoms with E-state index >= 15 is 0 Å². The Morgan fingerprint density at radius 3 is 2.69 bits per heavy atom. The largest absolute Gasteiger partial charge is 0.481 e. The summed E-state index contributed by atoms with van der Waals surface area (Å²) in [5.41, 5.74) is 2.91. The van der Waals surface area contributed by atoms with E-state index < -0.39 is 17.7 Å². The Balaban J connectivity index is 1.37. The first-order chi connectivity index (χ1) is 17.2. The number of aryl methyl sites for hydroxylation is 1. The molecule has 0 aliphatic carbocycles. The highest BCUT2D eigenvalue weighted by Crippen LogP contribution is 2.46. The van der Waals surface area contributed by atoms with Crippen molar-refractivity contribution in [1.82, 2.24) is 25.1 Å². The van der Waals surface area contributed by atoms with E-state index in [9.17, 15) is 9.59 Å². The van der Waals surface area contributed by atoms with E-state index in [-0.39, 0.29) is 15.3 Å². The van der Waals surface area contributed by atoms with Gasteiger partial charge in [-0.25, -0.2) is 9.78 Å². The van der Waals surface area contributed by atoms with Crippen LogP contribution in [0.4, 0.5) is 33.6 Å². The van der Waals surface area contributed by atoms with Gasteiger partial charge in [0.15, 0.2) is 5.82 Å². The zero-order valence-electron chi connectivity index (χ0n) is 20.3. The molecule has 0 saturated carbocycles. The molecule has 3 heterocycles. The maximum atomic E-state index is 11.9. The summed E-state index contributed by atoms with van der Waals surface area (Å²) in [5, 5.41) is 22.3. The molecule has 13 heteroatoms. The van der Waals surface area contributed by atoms with Crippen molar-refractivity contribution in [3.05, 3.63) is 48.4 Å². The van der Waals surface area contributed by atoms with Gasteiger partial charge < -0.3 is 25.6 Å². The molecule has 0 bridgehead atoms. The van der Waals surface area contributed by atoms with Crippen LogP contribution in [0.25, 0.3) is 0 Å². The zero-order chi connectivity index (χ0) is 25.7. The van der Waals surface area contributed by atoms with Crippen LogP contribution < -0.4 is 20.4 Å². The normalized spacial score (nSPS) is 13.2. The smallest absolute Gasteiger partial charge is 0.407 e. The van der Waals surface area contributed by atoms with E-state index in [1.54, 1.807) is 23.3 Å². The maximum Gasteiger partial charge on any atom is 0.407 e. The Kier molecular flexibility index (Phi) is 7.54. The molecule has 1 amide bonds. The van der Waals surface area contributed by atoms with Crippen molar-refractivity contribution in [3.63, 3.8) is 0 Å². The molecule has 2 aromatic heterocycles. The molecular weight excluding hydrogens is 483 g/mol. The van der Waals surface area contributed by atoms with Crippen molar-refractivity contribution in [1.29, 1.82) is 0 Å². The van der Waals surface area contributed by atoms with Gasteiger partial charge in [0, 0.05) is 31.4 Å². The summed E-state index contributed by atoms with van der Waals surface area (Å²) < 4.78 is 9.02. The highest BCUT2D eigenvalue weighted by molar-refractivity contribution is 7.43. The van der Waals surface area contributed by atoms with Crippen molar-refractivity contribution in [2.75, 3.05) is 15.1 Å². The van der Waals surface area contributed by atoms with E-state index in [1.807, 2.05) is 45.0 Å². The monoisotopic (exact) mass is 512 g/mol. The molecule has 1 unspecified atom stereocenters. The number of nitrogens with zero attached hydrogens (tertiary/aromatic N) is 5. The molecule has 1 aliphatic rings. The maximum absolute atomic E-state index is 11.9. The lowest BCUT2D eigenvalue weighted by molar-refractivity contribution is -0.137. The van der Waals surface area contributed by atoms with Crippen LogP contribution in [0, 0.1) is 0 Å². The number of carboxylic acids is 1. The molecule has 36 heavy (non-hydrogen) atoms. The number of hydrogen-bond donors (Lipinski definition) is 4. The number of anilines is 5. The van der Waals surface area contributed by atoms with Crippen molar-refractivity contribution >= 4 is 49.8 Å². The molecule has 0 saturated heterocycles. The fraction of sp³-hybridized carbons (Fsp3) is 0.348. The van der Waals surface area contributed by atoms with Crippen LogP contribution in [0.15, 0.2) is 42.9 Å². The van der Waals surface area contributed by atoms with Crippen LogP contribution >= 0.6 is 8.88 Å². The quantitative estimate of drug-likeness (QED) is 0.305. The standard InChI is InChI=1S/C23H29N8O4P/c1-23(2,3)35-22(34)25-11-15-6-8-17(9-7-15)31-20-18(29-36-31)13-24-21(28-20)27-16-12-26-30(14-16)10-4-5-19(32)33/h6-9,12-14,29,36H,4-5,10-11H2,1-3H3,(H,25,34)(H,32,33)(H,24,27,28). The molecule has 1 atom stereocenters. The highest BCUT2D eigenvalue weighted by atomic mass is 31.1. The fourth-order valence-electron chi connectivity index (χ4n) is 3.37. The predicted octanol–water partition coefficient (Wildman–Crippen LogP) is 4.38. The first-order valence-electron chi connectivity index (χ1n) is 11.4. The lowest BCUT2D eigenvalue weighted by Gasteiger charge is -2.20. The molecule has 4 rings (SSSR count). The summed E-state index contributed by atoms with van der Waals surface area (Å²) in [6.07, 6.45) is 5.33. The molecule has 0 spiro atoms. The summed E-state index contributed by atoms with van der Waals surface area (Å²) in [5.74, 6) is 0.354. The van der Waals surface area contributed by atoms with Gasteiger partial charge in [0.2, 0.25) is 5.95 Å². The van der Waals surface area contributed by atoms with Crippen LogP contribution in [0.1, 0.15) is 39.2 Å². The first-order valence-corrected chi connectivity index (χ1v) is 12.4. The number of carboxylic acid groups (broad SMARTS) is 1. The number of rotatable bonds is 9. The molecular formula is C23H29N8O4P. The molecule has 12 nitrogen and oxygen atoms in total. The number of nitrogens with one attached hydrogen (secondary N) is 3. The zero-order valence-corrected chi connectivity index (χ0v) is 21.3. The number of hydrogen-bond acceptors (Lipinski definition) is 9. The Bertz CT molecular complexity index is 1230. The number of amides is 1. The summed E-state index contributed by atoms with van der Waals surface area (Å²) in [4.78, 5) is 31.6. The number of carbonyl (C=O) groups is 2. The van der Waals surface area contributed by atoms with Gasteiger partial charge in [-0.1, -0.05) is 12.1 Å². The second-order valence-corrected chi connectivity index (χ2v) is 10.1. The van der Waals surface area contributed by atoms with E-state index in [0.717, 1.165) is 22.8 Å². The number of alkyl carbamates (subject to hydrolysis) is 1. The van der Waals surface area contributed by atoms with Gasteiger partial charge in [0.05, 0.1) is 27.0 Å². The molecule has 1 aliphatic heterocycles. The number of benzene rings is 1. The lowest BCUT2D eigenvalue weighted by Crippen LogP contribution is -2.32. The van der Waals surface area contributed by atoms with Crippen molar-refractivity contribution in [2.24, 2.45) is 0 Å². The third-order valence-corrected chi connectivity index (χ3v) is 6.06. The van der Waals surface area contributed by atoms with E-state index in [1.165, 1.54) is 0 Å². The van der Waals surface area contributed by atoms with Crippen molar-refractivity contribution in [3.8, 4) is 0 Å². The molecule has 1 aromatic carbocycles. The Labute approximate surface area is 210 Å². The molecule has 0 fully saturated rings. The fourth-order valence-corrected chi connectivity index (χ4v) is 4.33. The Morgan fingerprint density at radius 1 is 1.19 bits per heavy atom. The van der Waals surface area contributed by atoms with Crippen molar-refractivity contribution in [2.45, 2.75) is 52.3 Å². The minimum absolute atomic E-state index is 0.0986. The van der Waals surface area contributed by atoms with Gasteiger partial charge in [-0.3, -0.25) is 14.1 Å². The number of aromatic nitrogens is 4. The number of carbonyl (C=O) groups excluding carboxylic acids is 1. The van der Waals surface area contributed by atoms with Gasteiger partial charge in [-0.05, 0) is 44.9 Å². The summed E-state index contributed by atoms with van der Waals surface area (Å²) in [6, 6.07) is 7.86. The number of fused-ring (bicyclic) bond motifs is 1. The number of aliphatic carboxylic acids is 1. The van der Waals surface area contributed by atoms with E-state index in [2.05, 4.69) is 35.5 Å². The minimum atomic E-state index is -0.821. The Morgan fingerprint density at radius 2 is 1.97 bits per heavy atom. The van der Waals surface area contributed by atoms with Gasteiger partial charge >= 0.3 is 12.1 Å². The third-order valence-electron chi connectivity index (χ3n) is 4.98. The summed E-state index contributed by atoms with van der Waals surface area (Å²) in [7, 11) is 0.267. The molecule has 0 radical (unpaired) electrons. The van der Waals surface area contributed by atoms with Crippen molar-refractivity contribution < 1.29 is 19.4 Å². The highest BCUT2D eigenvalue weighted by Gasteiger charge is 2.23. The average molecular weight is 513 g/mol. The number of ether oxygens (including phenoxy) is 1. The minimum Gasteiger partial charge on any atom is -0.481 e. The van der Waals surface area contributed by atoms with Crippen LogP contribution in [0.3, 0.4) is 0 Å². The van der Waals surface area contributed by atoms with E-state index in [4.69, 9.17) is 9.84 Å².